The second-order valence-electron chi connectivity index (χ2n) is 6.35. The summed E-state index contributed by atoms with van der Waals surface area (Å²) < 4.78 is 43.0. The SMILES string of the molecule is C/C(CN1CC(S(N)(=O)=O)C1)=N\O.CC(=O)CN1CC(S(N)(=O)=O)C1. The Bertz CT molecular complexity index is 708. The maximum atomic E-state index is 10.8. The molecule has 0 radical (unpaired) electrons. The molecule has 0 unspecified atom stereocenters. The number of hydrogen-bond donors (Lipinski definition) is 3. The third kappa shape index (κ3) is 7.33. The Morgan fingerprint density at radius 3 is 1.60 bits per heavy atom. The molecule has 11 nitrogen and oxygen atoms in total. The van der Waals surface area contributed by atoms with E-state index in [0.717, 1.165) is 0 Å². The van der Waals surface area contributed by atoms with Crippen LogP contribution in [-0.4, -0.2) is 93.1 Å². The fraction of sp³-hybridized carbons (Fsp3) is 0.833. The average molecular weight is 399 g/mol. The molecule has 0 aliphatic carbocycles. The predicted octanol–water partition coefficient (Wildman–Crippen LogP) is -2.64. The lowest BCUT2D eigenvalue weighted by Crippen LogP contribution is -2.57. The minimum atomic E-state index is -3.39. The minimum Gasteiger partial charge on any atom is -0.411 e. The molecule has 0 aromatic rings. The van der Waals surface area contributed by atoms with Crippen LogP contribution < -0.4 is 10.3 Å². The highest BCUT2D eigenvalue weighted by molar-refractivity contribution is 7.90. The molecule has 0 bridgehead atoms. The molecule has 25 heavy (non-hydrogen) atoms. The highest BCUT2D eigenvalue weighted by atomic mass is 32.2. The lowest BCUT2D eigenvalue weighted by Gasteiger charge is -2.37. The molecule has 2 saturated heterocycles. The van der Waals surface area contributed by atoms with Crippen LogP contribution in [-0.2, 0) is 24.8 Å². The van der Waals surface area contributed by atoms with Gasteiger partial charge in [-0.2, -0.15) is 0 Å². The van der Waals surface area contributed by atoms with Gasteiger partial charge in [0, 0.05) is 32.7 Å². The summed E-state index contributed by atoms with van der Waals surface area (Å²) in [6, 6.07) is 0. The lowest BCUT2D eigenvalue weighted by molar-refractivity contribution is -0.118. The lowest BCUT2D eigenvalue weighted by atomic mass is 10.2. The monoisotopic (exact) mass is 399 g/mol. The summed E-state index contributed by atoms with van der Waals surface area (Å²) in [5.41, 5.74) is 0.563. The molecule has 2 rings (SSSR count). The molecule has 2 heterocycles. The Kier molecular flexibility index (Phi) is 7.46. The quantitative estimate of drug-likeness (QED) is 0.246. The van der Waals surface area contributed by atoms with E-state index in [1.165, 1.54) is 6.92 Å². The van der Waals surface area contributed by atoms with Crippen LogP contribution in [0.5, 0.6) is 0 Å². The van der Waals surface area contributed by atoms with Crippen LogP contribution in [0.3, 0.4) is 0 Å². The average Bonchev–Trinajstić information content (AvgIpc) is 2.34. The van der Waals surface area contributed by atoms with Crippen LogP contribution in [0, 0.1) is 0 Å². The fourth-order valence-electron chi connectivity index (χ4n) is 2.39. The van der Waals surface area contributed by atoms with Crippen LogP contribution in [0.25, 0.3) is 0 Å². The van der Waals surface area contributed by atoms with Crippen LogP contribution in [0.15, 0.2) is 5.16 Å². The number of carbonyl (C=O) groups excluding carboxylic acids is 1. The van der Waals surface area contributed by atoms with Crippen molar-refractivity contribution in [3.8, 4) is 0 Å². The zero-order chi connectivity index (χ0) is 19.4. The predicted molar refractivity (Wildman–Crippen MR) is 92.2 cm³/mol. The normalized spacial score (nSPS) is 21.0. The van der Waals surface area contributed by atoms with Crippen molar-refractivity contribution >= 4 is 31.5 Å². The summed E-state index contributed by atoms with van der Waals surface area (Å²) in [5, 5.41) is 20.2. The molecular weight excluding hydrogens is 374 g/mol. The van der Waals surface area contributed by atoms with E-state index in [4.69, 9.17) is 15.5 Å². The van der Waals surface area contributed by atoms with Crippen molar-refractivity contribution in [2.24, 2.45) is 15.4 Å². The zero-order valence-electron chi connectivity index (χ0n) is 14.2. The highest BCUT2D eigenvalue weighted by Gasteiger charge is 2.35. The number of sulfonamides is 2. The third-order valence-electron chi connectivity index (χ3n) is 3.85. The number of carbonyl (C=O) groups is 1. The van der Waals surface area contributed by atoms with E-state index in [1.807, 2.05) is 4.90 Å². The van der Waals surface area contributed by atoms with Gasteiger partial charge in [-0.3, -0.25) is 14.6 Å². The van der Waals surface area contributed by atoms with Gasteiger partial charge in [-0.15, -0.1) is 0 Å². The molecule has 0 amide bonds. The number of likely N-dealkylation sites (tertiary alicyclic amines) is 2. The van der Waals surface area contributed by atoms with Gasteiger partial charge in [0.25, 0.3) is 0 Å². The van der Waals surface area contributed by atoms with Crippen LogP contribution in [0.2, 0.25) is 0 Å². The van der Waals surface area contributed by atoms with Crippen molar-refractivity contribution in [1.82, 2.24) is 9.80 Å². The maximum Gasteiger partial charge on any atom is 0.214 e. The Balaban J connectivity index is 0.000000251. The van der Waals surface area contributed by atoms with Gasteiger partial charge >= 0.3 is 0 Å². The van der Waals surface area contributed by atoms with Gasteiger partial charge in [-0.1, -0.05) is 5.16 Å². The van der Waals surface area contributed by atoms with Crippen LogP contribution in [0.4, 0.5) is 0 Å². The Labute approximate surface area is 147 Å². The molecule has 13 heteroatoms. The Morgan fingerprint density at radius 2 is 1.32 bits per heavy atom. The van der Waals surface area contributed by atoms with Crippen molar-refractivity contribution in [2.75, 3.05) is 39.3 Å². The standard InChI is InChI=1S/C6H13N3O3S.C6H12N2O3S/c1-5(8-10)2-9-3-6(4-9)13(7,11)12;1-5(9)2-8-3-6(4-8)12(7,10)11/h6,10H,2-4H2,1H3,(H2,7,11,12);6H,2-4H2,1H3,(H2,7,10,11)/b8-5+;. The van der Waals surface area contributed by atoms with Gasteiger partial charge in [0.2, 0.25) is 20.0 Å². The number of ketones is 1. The first-order valence-electron chi connectivity index (χ1n) is 7.47. The molecular formula is C12H25N5O6S2. The molecule has 0 saturated carbocycles. The number of nitrogens with two attached hydrogens (primary N) is 2. The van der Waals surface area contributed by atoms with Crippen molar-refractivity contribution in [1.29, 1.82) is 0 Å². The van der Waals surface area contributed by atoms with Crippen molar-refractivity contribution in [2.45, 2.75) is 24.3 Å². The van der Waals surface area contributed by atoms with Crippen LogP contribution >= 0.6 is 0 Å². The number of nitrogens with zero attached hydrogens (tertiary/aromatic N) is 3. The first kappa shape index (κ1) is 21.9. The number of primary sulfonamides is 2. The van der Waals surface area contributed by atoms with E-state index < -0.39 is 30.5 Å². The second-order valence-corrected chi connectivity index (χ2v) is 10.0. The van der Waals surface area contributed by atoms with Gasteiger partial charge in [0.15, 0.2) is 0 Å². The molecule has 5 N–H and O–H groups in total. The van der Waals surface area contributed by atoms with E-state index in [0.29, 0.717) is 45.0 Å². The molecule has 0 spiro atoms. The van der Waals surface area contributed by atoms with E-state index >= 15 is 0 Å². The van der Waals surface area contributed by atoms with Crippen LogP contribution in [0.1, 0.15) is 13.8 Å². The smallest absolute Gasteiger partial charge is 0.214 e. The first-order valence-corrected chi connectivity index (χ1v) is 10.7. The van der Waals surface area contributed by atoms with Gasteiger partial charge in [-0.05, 0) is 13.8 Å². The molecule has 146 valence electrons. The Morgan fingerprint density at radius 1 is 0.960 bits per heavy atom. The van der Waals surface area contributed by atoms with Gasteiger partial charge in [0.05, 0.1) is 12.3 Å². The number of hydrogen-bond acceptors (Lipinski definition) is 9. The highest BCUT2D eigenvalue weighted by Crippen LogP contribution is 2.13. The van der Waals surface area contributed by atoms with Crippen molar-refractivity contribution in [3.63, 3.8) is 0 Å². The van der Waals surface area contributed by atoms with Crippen molar-refractivity contribution in [3.05, 3.63) is 0 Å². The zero-order valence-corrected chi connectivity index (χ0v) is 15.8. The number of rotatable bonds is 6. The maximum absolute atomic E-state index is 10.8. The first-order chi connectivity index (χ1) is 11.3. The molecule has 2 aliphatic heterocycles. The summed E-state index contributed by atoms with van der Waals surface area (Å²) in [6.45, 7) is 5.58. The molecule has 2 fully saturated rings. The summed E-state index contributed by atoms with van der Waals surface area (Å²) in [5.74, 6) is 0.0443. The molecule has 0 aromatic heterocycles. The largest absolute Gasteiger partial charge is 0.411 e. The van der Waals surface area contributed by atoms with Crippen molar-refractivity contribution < 1.29 is 26.8 Å². The van der Waals surface area contributed by atoms with E-state index in [2.05, 4.69) is 5.16 Å². The summed E-state index contributed by atoms with van der Waals surface area (Å²) >= 11 is 0. The topological polar surface area (TPSA) is 176 Å². The minimum absolute atomic E-state index is 0.0443. The summed E-state index contributed by atoms with van der Waals surface area (Å²) in [4.78, 5) is 14.2. The molecule has 2 aliphatic rings. The van der Waals surface area contributed by atoms with E-state index in [1.54, 1.807) is 11.8 Å². The van der Waals surface area contributed by atoms with E-state index in [-0.39, 0.29) is 5.78 Å². The van der Waals surface area contributed by atoms with Gasteiger partial charge in [0.1, 0.15) is 16.3 Å². The second kappa shape index (κ2) is 8.51. The van der Waals surface area contributed by atoms with Gasteiger partial charge < -0.3 is 5.21 Å². The Hall–Kier alpha value is -1.12. The summed E-state index contributed by atoms with van der Waals surface area (Å²) in [7, 11) is -6.77. The molecule has 0 aromatic carbocycles. The van der Waals surface area contributed by atoms with E-state index in [9.17, 15) is 21.6 Å². The fourth-order valence-corrected chi connectivity index (χ4v) is 4.06. The van der Waals surface area contributed by atoms with Gasteiger partial charge in [-0.25, -0.2) is 27.1 Å². The number of oxime groups is 1. The number of Topliss-reactive ketones (excluding diaryl/α,β-unsaturated/α-hetero) is 1. The summed E-state index contributed by atoms with van der Waals surface area (Å²) in [6.07, 6.45) is 0. The third-order valence-corrected chi connectivity index (χ3v) is 6.30. The molecule has 0 atom stereocenters.